The van der Waals surface area contributed by atoms with E-state index in [2.05, 4.69) is 15.0 Å². The molecule has 0 spiro atoms. The lowest BCUT2D eigenvalue weighted by molar-refractivity contribution is -0.141. The summed E-state index contributed by atoms with van der Waals surface area (Å²) in [6.07, 6.45) is 6.20. The van der Waals surface area contributed by atoms with E-state index in [9.17, 15) is 9.90 Å². The van der Waals surface area contributed by atoms with Crippen LogP contribution in [0.5, 0.6) is 0 Å². The van der Waals surface area contributed by atoms with Gasteiger partial charge in [-0.05, 0) is 12.8 Å². The third-order valence-electron chi connectivity index (χ3n) is 3.21. The van der Waals surface area contributed by atoms with Gasteiger partial charge in [0.15, 0.2) is 0 Å². The number of rotatable bonds is 3. The molecule has 94 valence electrons. The number of aliphatic hydroxyl groups is 1. The summed E-state index contributed by atoms with van der Waals surface area (Å²) in [4.78, 5) is 11.1. The van der Waals surface area contributed by atoms with E-state index in [0.29, 0.717) is 18.5 Å². The number of carbonyl (C=O) groups excluding carboxylic acids is 1. The highest BCUT2D eigenvalue weighted by molar-refractivity contribution is 5.68. The quantitative estimate of drug-likeness (QED) is 0.782. The molecule has 1 aliphatic rings. The lowest BCUT2D eigenvalue weighted by Crippen LogP contribution is -2.28. The lowest BCUT2D eigenvalue weighted by Gasteiger charge is -2.29. The Balaban J connectivity index is 2.09. The molecule has 1 saturated carbocycles. The average Bonchev–Trinajstić information content (AvgIpc) is 2.79. The Bertz CT molecular complexity index is 396. The molecule has 1 fully saturated rings. The van der Waals surface area contributed by atoms with Crippen molar-refractivity contribution >= 4 is 5.97 Å². The van der Waals surface area contributed by atoms with E-state index in [4.69, 9.17) is 0 Å². The monoisotopic (exact) mass is 239 g/mol. The second kappa shape index (κ2) is 4.83. The van der Waals surface area contributed by atoms with Crippen molar-refractivity contribution in [3.8, 4) is 0 Å². The van der Waals surface area contributed by atoms with Crippen molar-refractivity contribution in [3.63, 3.8) is 0 Å². The van der Waals surface area contributed by atoms with Crippen LogP contribution in [0.1, 0.15) is 37.8 Å². The van der Waals surface area contributed by atoms with Gasteiger partial charge in [0, 0.05) is 0 Å². The summed E-state index contributed by atoms with van der Waals surface area (Å²) in [6, 6.07) is 0. The minimum absolute atomic E-state index is 0.0274. The lowest BCUT2D eigenvalue weighted by atomic mass is 9.83. The molecule has 0 unspecified atom stereocenters. The fourth-order valence-electron chi connectivity index (χ4n) is 2.18. The van der Waals surface area contributed by atoms with E-state index in [1.54, 1.807) is 6.20 Å². The van der Waals surface area contributed by atoms with Gasteiger partial charge >= 0.3 is 5.97 Å². The van der Waals surface area contributed by atoms with Crippen LogP contribution >= 0.6 is 0 Å². The Morgan fingerprint density at radius 2 is 2.24 bits per heavy atom. The van der Waals surface area contributed by atoms with E-state index in [0.717, 1.165) is 19.3 Å². The van der Waals surface area contributed by atoms with Crippen LogP contribution in [0.3, 0.4) is 0 Å². The zero-order valence-electron chi connectivity index (χ0n) is 9.93. The molecule has 0 radical (unpaired) electrons. The van der Waals surface area contributed by atoms with Gasteiger partial charge in [0.2, 0.25) is 0 Å². The number of aromatic nitrogens is 3. The highest BCUT2D eigenvalue weighted by atomic mass is 16.5. The first-order valence-corrected chi connectivity index (χ1v) is 5.84. The van der Waals surface area contributed by atoms with Crippen molar-refractivity contribution < 1.29 is 14.6 Å². The third kappa shape index (κ3) is 2.63. The summed E-state index contributed by atoms with van der Waals surface area (Å²) >= 11 is 0. The third-order valence-corrected chi connectivity index (χ3v) is 3.21. The topological polar surface area (TPSA) is 77.2 Å². The summed E-state index contributed by atoms with van der Waals surface area (Å²) in [5, 5.41) is 18.2. The van der Waals surface area contributed by atoms with E-state index in [1.165, 1.54) is 11.8 Å². The first kappa shape index (κ1) is 12.0. The van der Waals surface area contributed by atoms with Crippen LogP contribution in [-0.4, -0.2) is 33.2 Å². The van der Waals surface area contributed by atoms with E-state index >= 15 is 0 Å². The smallest absolute Gasteiger partial charge is 0.327 e. The van der Waals surface area contributed by atoms with Crippen LogP contribution in [0.4, 0.5) is 0 Å². The van der Waals surface area contributed by atoms with Crippen LogP contribution in [0.25, 0.3) is 0 Å². The van der Waals surface area contributed by atoms with Gasteiger partial charge in [-0.3, -0.25) is 4.79 Å². The Labute approximate surface area is 99.6 Å². The molecule has 1 heterocycles. The SMILES string of the molecule is COC(=O)Cn1cc(C2(O)CCCCC2)nn1. The van der Waals surface area contributed by atoms with Crippen molar-refractivity contribution in [1.29, 1.82) is 0 Å². The second-order valence-corrected chi connectivity index (χ2v) is 4.47. The summed E-state index contributed by atoms with van der Waals surface area (Å²) in [7, 11) is 1.33. The normalized spacial score (nSPS) is 18.9. The molecule has 0 bridgehead atoms. The first-order chi connectivity index (χ1) is 8.14. The van der Waals surface area contributed by atoms with E-state index in [-0.39, 0.29) is 12.5 Å². The molecular formula is C11H17N3O3. The van der Waals surface area contributed by atoms with Crippen LogP contribution < -0.4 is 0 Å². The molecule has 1 N–H and O–H groups in total. The van der Waals surface area contributed by atoms with Crippen molar-refractivity contribution in [2.24, 2.45) is 0 Å². The highest BCUT2D eigenvalue weighted by Crippen LogP contribution is 2.35. The van der Waals surface area contributed by atoms with Crippen LogP contribution in [0.15, 0.2) is 6.20 Å². The molecule has 1 aliphatic carbocycles. The molecule has 0 aromatic carbocycles. The van der Waals surface area contributed by atoms with Gasteiger partial charge in [-0.25, -0.2) is 4.68 Å². The maximum Gasteiger partial charge on any atom is 0.327 e. The maximum atomic E-state index is 11.1. The molecule has 0 atom stereocenters. The number of hydrogen-bond donors (Lipinski definition) is 1. The van der Waals surface area contributed by atoms with Gasteiger partial charge in [0.1, 0.15) is 17.8 Å². The van der Waals surface area contributed by atoms with Gasteiger partial charge in [-0.15, -0.1) is 5.10 Å². The molecule has 0 saturated heterocycles. The summed E-state index contributed by atoms with van der Waals surface area (Å²) in [5.41, 5.74) is -0.312. The number of hydrogen-bond acceptors (Lipinski definition) is 5. The van der Waals surface area contributed by atoms with Crippen LogP contribution in [0, 0.1) is 0 Å². The molecule has 2 rings (SSSR count). The number of nitrogens with zero attached hydrogens (tertiary/aromatic N) is 3. The number of carbonyl (C=O) groups is 1. The van der Waals surface area contributed by atoms with Gasteiger partial charge in [-0.1, -0.05) is 24.5 Å². The molecule has 6 nitrogen and oxygen atoms in total. The number of methoxy groups -OCH3 is 1. The predicted molar refractivity (Wildman–Crippen MR) is 59.0 cm³/mol. The summed E-state index contributed by atoms with van der Waals surface area (Å²) in [6.45, 7) is 0.0274. The standard InChI is InChI=1S/C11H17N3O3/c1-17-10(15)8-14-7-9(12-13-14)11(16)5-3-2-4-6-11/h7,16H,2-6,8H2,1H3. The average molecular weight is 239 g/mol. The summed E-state index contributed by atoms with van der Waals surface area (Å²) < 4.78 is 5.94. The van der Waals surface area contributed by atoms with Crippen molar-refractivity contribution in [2.45, 2.75) is 44.2 Å². The zero-order chi connectivity index (χ0) is 12.3. The molecule has 17 heavy (non-hydrogen) atoms. The molecule has 0 aliphatic heterocycles. The largest absolute Gasteiger partial charge is 0.468 e. The van der Waals surface area contributed by atoms with Crippen LogP contribution in [-0.2, 0) is 21.7 Å². The van der Waals surface area contributed by atoms with Gasteiger partial charge in [0.05, 0.1) is 13.3 Å². The number of esters is 1. The second-order valence-electron chi connectivity index (χ2n) is 4.47. The van der Waals surface area contributed by atoms with Crippen molar-refractivity contribution in [1.82, 2.24) is 15.0 Å². The molecule has 6 heteroatoms. The highest BCUT2D eigenvalue weighted by Gasteiger charge is 2.34. The number of ether oxygens (including phenoxy) is 1. The first-order valence-electron chi connectivity index (χ1n) is 5.84. The Kier molecular flexibility index (Phi) is 3.42. The molecular weight excluding hydrogens is 222 g/mol. The maximum absolute atomic E-state index is 11.1. The molecule has 1 aromatic rings. The minimum Gasteiger partial charge on any atom is -0.468 e. The van der Waals surface area contributed by atoms with Gasteiger partial charge in [-0.2, -0.15) is 0 Å². The minimum atomic E-state index is -0.868. The fraction of sp³-hybridized carbons (Fsp3) is 0.727. The Morgan fingerprint density at radius 3 is 2.88 bits per heavy atom. The predicted octanol–water partition coefficient (Wildman–Crippen LogP) is 0.603. The fourth-order valence-corrected chi connectivity index (χ4v) is 2.18. The van der Waals surface area contributed by atoms with Crippen molar-refractivity contribution in [2.75, 3.05) is 7.11 Å². The van der Waals surface area contributed by atoms with E-state index < -0.39 is 5.60 Å². The van der Waals surface area contributed by atoms with Gasteiger partial charge in [0.25, 0.3) is 0 Å². The Hall–Kier alpha value is -1.43. The molecule has 0 amide bonds. The zero-order valence-corrected chi connectivity index (χ0v) is 9.93. The van der Waals surface area contributed by atoms with E-state index in [1.807, 2.05) is 0 Å². The Morgan fingerprint density at radius 1 is 1.53 bits per heavy atom. The van der Waals surface area contributed by atoms with Gasteiger partial charge < -0.3 is 9.84 Å². The molecule has 1 aromatic heterocycles. The van der Waals surface area contributed by atoms with Crippen LogP contribution in [0.2, 0.25) is 0 Å². The van der Waals surface area contributed by atoms with Crippen molar-refractivity contribution in [3.05, 3.63) is 11.9 Å². The summed E-state index contributed by atoms with van der Waals surface area (Å²) in [5.74, 6) is -0.378.